The van der Waals surface area contributed by atoms with Crippen LogP contribution in [0, 0.1) is 0 Å². The van der Waals surface area contributed by atoms with Gasteiger partial charge in [-0.15, -0.1) is 0 Å². The quantitative estimate of drug-likeness (QED) is 0.188. The summed E-state index contributed by atoms with van der Waals surface area (Å²) in [7, 11) is 6.46. The van der Waals surface area contributed by atoms with Crippen LogP contribution in [0.2, 0.25) is 0 Å². The molecule has 0 aromatic rings. The molecule has 0 rings (SSSR count). The number of thiol groups is 2. The standard InChI is InChI=1S/16CH4.2FHIS.FI.H2/c;;;;;;;;;;;;;;;;2*1-2-3;1-2;/h16*1H4;2*3H;;1H/q;;;;;;;;;;;;;;;;2*-1;;/i;;;;;;;;;;;;;;;;;;;1+1D. The Kier molecular flexibility index (Phi) is 6950. The molecule has 0 bridgehead atoms. The average Bonchev–Trinajstić information content (AvgIpc) is 1.99. The zero-order chi connectivity index (χ0) is 9.41. The van der Waals surface area contributed by atoms with E-state index in [0.29, 0.717) is 23.2 Å². The van der Waals surface area contributed by atoms with E-state index in [1.165, 1.54) is 0 Å². The van der Waals surface area contributed by atoms with E-state index in [9.17, 15) is 8.58 Å². The fraction of sp³-hybridized carbons (Fsp3) is 1.00. The van der Waals surface area contributed by atoms with Crippen molar-refractivity contribution in [2.75, 3.05) is 0 Å². The first-order valence-corrected chi connectivity index (χ1v) is 9.68. The van der Waals surface area contributed by atoms with Gasteiger partial charge in [0, 0.05) is 2.97 Å². The van der Waals surface area contributed by atoms with Crippen molar-refractivity contribution < 1.29 is 52.3 Å². The van der Waals surface area contributed by atoms with Crippen LogP contribution in [0.3, 0.4) is 0 Å². The molecule has 0 fully saturated rings. The zero-order valence-electron chi connectivity index (χ0n) is 5.16. The van der Waals surface area contributed by atoms with Crippen molar-refractivity contribution >= 4 is 42.8 Å². The van der Waals surface area contributed by atoms with E-state index in [0.717, 1.165) is 0 Å². The van der Waals surface area contributed by atoms with Crippen LogP contribution in [-0.2, 0) is 0 Å². The summed E-state index contributed by atoms with van der Waals surface area (Å²) in [4.78, 5) is 0. The van der Waals surface area contributed by atoms with Gasteiger partial charge in [-0.3, -0.25) is 0 Å². The van der Waals surface area contributed by atoms with Gasteiger partial charge in [-0.05, 0) is 0 Å². The summed E-state index contributed by atoms with van der Waals surface area (Å²) in [5.41, 5.74) is 0. The van der Waals surface area contributed by atoms with Crippen LogP contribution in [0.1, 0.15) is 122 Å². The van der Waals surface area contributed by atoms with Crippen molar-refractivity contribution in [3.63, 3.8) is 0 Å². The summed E-state index contributed by atoms with van der Waals surface area (Å²) in [6.45, 7) is 0. The minimum Gasteiger partial charge on any atom is 0 e. The van der Waals surface area contributed by atoms with Crippen LogP contribution in [0.5, 0.6) is 0 Å². The van der Waals surface area contributed by atoms with Gasteiger partial charge in [0.05, 0.1) is 0 Å². The van der Waals surface area contributed by atoms with Gasteiger partial charge < -0.3 is 0 Å². The maximum absolute atomic E-state index is 10.3. The molecule has 0 aliphatic rings. The molecule has 0 saturated carbocycles. The molecule has 0 N–H and O–H groups in total. The van der Waals surface area contributed by atoms with Crippen molar-refractivity contribution in [2.24, 2.45) is 0 Å². The molecular weight excluding hydrogens is 694 g/mol. The molecule has 0 aromatic carbocycles. The predicted molar refractivity (Wildman–Crippen MR) is 145 cm³/mol. The van der Waals surface area contributed by atoms with Gasteiger partial charge in [0.2, 0.25) is 0 Å². The minimum atomic E-state index is -1.22. The van der Waals surface area contributed by atoms with Gasteiger partial charge in [-0.2, -0.15) is 2.86 Å². The number of rotatable bonds is 0. The van der Waals surface area contributed by atoms with E-state index in [-0.39, 0.29) is 119 Å². The van der Waals surface area contributed by atoms with E-state index < -0.39 is 40.8 Å². The first-order chi connectivity index (χ1) is 4.83. The molecule has 0 amide bonds. The Morgan fingerprint density at radius 1 is 0.458 bits per heavy atom. The second kappa shape index (κ2) is 714. The van der Waals surface area contributed by atoms with Gasteiger partial charge in [-0.1, -0.05) is 119 Å². The van der Waals surface area contributed by atoms with E-state index in [2.05, 4.69) is 19.6 Å². The monoisotopic (exact) mass is 764 g/mol. The molecule has 0 saturated heterocycles. The minimum absolute atomic E-state index is 0. The molecule has 0 radical (unpaired) electrons. The molecule has 0 aliphatic carbocycles. The van der Waals surface area contributed by atoms with Crippen molar-refractivity contribution in [3.8, 4) is 0 Å². The molecule has 0 aromatic heterocycles. The molecule has 0 heterocycles. The Morgan fingerprint density at radius 2 is 0.458 bits per heavy atom. The first-order valence-electron chi connectivity index (χ1n) is 1.77. The second-order valence-electron chi connectivity index (χ2n) is 0.128. The van der Waals surface area contributed by atoms with Crippen LogP contribution < -0.4 is 40.8 Å². The molecule has 0 spiro atoms. The van der Waals surface area contributed by atoms with Crippen molar-refractivity contribution in [2.45, 2.75) is 119 Å². The summed E-state index contributed by atoms with van der Waals surface area (Å²) in [5, 5.41) is 0. The van der Waals surface area contributed by atoms with Crippen LogP contribution >= 0.6 is 42.8 Å². The van der Waals surface area contributed by atoms with Crippen LogP contribution in [0.15, 0.2) is 0 Å². The third-order valence-electron chi connectivity index (χ3n) is 0. The van der Waals surface area contributed by atoms with Crippen LogP contribution in [-0.4, -0.2) is 0 Å². The molecule has 0 nitrogen and oxygen atoms in total. The second-order valence-corrected chi connectivity index (χ2v) is 2.57. The zero-order valence-corrected chi connectivity index (χ0v) is 11.4. The molecule has 0 aliphatic heterocycles. The molecule has 0 atom stereocenters. The maximum Gasteiger partial charge on any atom is 0 e. The Balaban J connectivity index is -0.000000000857. The summed E-state index contributed by atoms with van der Waals surface area (Å²) in [5.74, 6) is 0. The van der Waals surface area contributed by atoms with E-state index in [1.54, 1.807) is 0 Å². The Labute approximate surface area is 211 Å². The largest absolute Gasteiger partial charge is 0 e. The molecular formula is C16H68F3I3S2-2. The third kappa shape index (κ3) is 1930. The van der Waals surface area contributed by atoms with E-state index in [1.807, 2.05) is 0 Å². The first kappa shape index (κ1) is 234. The number of hydrogen-bond acceptors (Lipinski definition) is 2. The SMILES string of the molecule is C.C.C.C.C.C.C.C.C.C.C.C.C.C.C.C.FI.F[I-]S.F[I-]S.[2H][2H]. The average molecular weight is 765 g/mol. The van der Waals surface area contributed by atoms with Gasteiger partial charge in [0.25, 0.3) is 0 Å². The van der Waals surface area contributed by atoms with Crippen molar-refractivity contribution in [1.29, 1.82) is 0 Å². The normalized spacial score (nSPS) is 2.42. The fourth-order valence-electron chi connectivity index (χ4n) is 0. The Hall–Kier alpha value is 2.68. The van der Waals surface area contributed by atoms with E-state index in [4.69, 9.17) is 2.97 Å². The van der Waals surface area contributed by atoms with Crippen molar-refractivity contribution in [1.82, 2.24) is 0 Å². The number of hydrogen-bond donors (Lipinski definition) is 2. The summed E-state index contributed by atoms with van der Waals surface area (Å²) in [6, 6.07) is 0. The molecule has 188 valence electrons. The predicted octanol–water partition coefficient (Wildman–Crippen LogP) is 7.34. The van der Waals surface area contributed by atoms with Gasteiger partial charge in [0.15, 0.2) is 23.2 Å². The van der Waals surface area contributed by atoms with Crippen LogP contribution in [0.4, 0.5) is 8.58 Å². The van der Waals surface area contributed by atoms with Gasteiger partial charge in [0.1, 0.15) is 0 Å². The van der Waals surface area contributed by atoms with Gasteiger partial charge in [-0.25, -0.2) is 0 Å². The number of halogens is 6. The topological polar surface area (TPSA) is 0 Å². The molecule has 8 heteroatoms. The third-order valence-corrected chi connectivity index (χ3v) is 0. The van der Waals surface area contributed by atoms with Gasteiger partial charge >= 0.3 is 66.1 Å². The summed E-state index contributed by atoms with van der Waals surface area (Å²) in [6.07, 6.45) is 0. The Bertz CT molecular complexity index is 46.7. The summed E-state index contributed by atoms with van der Waals surface area (Å²) < 4.78 is 40.0. The molecule has 0 unspecified atom stereocenters. The van der Waals surface area contributed by atoms with Crippen molar-refractivity contribution in [3.05, 3.63) is 0 Å². The fourth-order valence-corrected chi connectivity index (χ4v) is 0. The Morgan fingerprint density at radius 3 is 0.458 bits per heavy atom. The summed E-state index contributed by atoms with van der Waals surface area (Å²) >= 11 is -1.78. The smallest absolute Gasteiger partial charge is 0 e. The van der Waals surface area contributed by atoms with Crippen LogP contribution in [0.25, 0.3) is 0 Å². The van der Waals surface area contributed by atoms with E-state index >= 15 is 0 Å². The maximum atomic E-state index is 10.3. The molecule has 24 heavy (non-hydrogen) atoms.